The maximum absolute atomic E-state index is 11.4. The van der Waals surface area contributed by atoms with Gasteiger partial charge in [0.1, 0.15) is 0 Å². The number of aromatic nitrogens is 2. The number of hydrogen-bond acceptors (Lipinski definition) is 2. The minimum absolute atomic E-state index is 0.0184. The molecule has 0 saturated carbocycles. The molecule has 0 aliphatic rings. The predicted octanol–water partition coefficient (Wildman–Crippen LogP) is 1.03. The van der Waals surface area contributed by atoms with Crippen molar-refractivity contribution >= 4 is 11.6 Å². The molecule has 12 heavy (non-hydrogen) atoms. The first-order chi connectivity index (χ1) is 5.63. The Morgan fingerprint density at radius 3 is 2.75 bits per heavy atom. The zero-order chi connectivity index (χ0) is 9.14. The van der Waals surface area contributed by atoms with Gasteiger partial charge in [-0.25, -0.2) is 0 Å². The van der Waals surface area contributed by atoms with Crippen LogP contribution in [0, 0.1) is 5.92 Å². The fourth-order valence-electron chi connectivity index (χ4n) is 0.942. The smallest absolute Gasteiger partial charge is 0.229 e. The molecule has 1 aromatic heterocycles. The van der Waals surface area contributed by atoms with Gasteiger partial charge in [0.15, 0.2) is 0 Å². The summed E-state index contributed by atoms with van der Waals surface area (Å²) in [6.45, 7) is 3.75. The molecule has 0 spiro atoms. The summed E-state index contributed by atoms with van der Waals surface area (Å²) >= 11 is 0. The Labute approximate surface area is 71.6 Å². The van der Waals surface area contributed by atoms with Gasteiger partial charge in [0.05, 0.1) is 11.9 Å². The molecule has 4 nitrogen and oxygen atoms in total. The van der Waals surface area contributed by atoms with E-state index in [1.165, 1.54) is 0 Å². The van der Waals surface area contributed by atoms with Crippen molar-refractivity contribution < 1.29 is 4.79 Å². The quantitative estimate of drug-likeness (QED) is 0.715. The van der Waals surface area contributed by atoms with Gasteiger partial charge in [0.25, 0.3) is 0 Å². The van der Waals surface area contributed by atoms with Crippen LogP contribution in [0.4, 0.5) is 5.69 Å². The highest BCUT2D eigenvalue weighted by Crippen LogP contribution is 2.11. The lowest BCUT2D eigenvalue weighted by atomic mass is 10.2. The van der Waals surface area contributed by atoms with Crippen LogP contribution in [0.3, 0.4) is 0 Å². The minimum atomic E-state index is 0.0184. The summed E-state index contributed by atoms with van der Waals surface area (Å²) in [5.74, 6) is 0.112. The third-order valence-electron chi connectivity index (χ3n) is 1.70. The molecule has 0 fully saturated rings. The second-order valence-corrected chi connectivity index (χ2v) is 3.01. The predicted molar refractivity (Wildman–Crippen MR) is 46.8 cm³/mol. The Balaban J connectivity index is 2.72. The van der Waals surface area contributed by atoms with Crippen LogP contribution < -0.4 is 4.90 Å². The van der Waals surface area contributed by atoms with Crippen molar-refractivity contribution in [3.05, 3.63) is 12.4 Å². The van der Waals surface area contributed by atoms with E-state index in [1.807, 2.05) is 13.8 Å². The monoisotopic (exact) mass is 167 g/mol. The average Bonchev–Trinajstić information content (AvgIpc) is 2.53. The van der Waals surface area contributed by atoms with Crippen LogP contribution in [-0.4, -0.2) is 23.2 Å². The lowest BCUT2D eigenvalue weighted by molar-refractivity contribution is -0.121. The van der Waals surface area contributed by atoms with E-state index in [4.69, 9.17) is 0 Å². The molecule has 4 heteroatoms. The molecule has 1 amide bonds. The third kappa shape index (κ3) is 1.64. The molecule has 0 radical (unpaired) electrons. The van der Waals surface area contributed by atoms with Crippen LogP contribution in [0.2, 0.25) is 0 Å². The third-order valence-corrected chi connectivity index (χ3v) is 1.70. The van der Waals surface area contributed by atoms with E-state index in [0.717, 1.165) is 5.69 Å². The van der Waals surface area contributed by atoms with Crippen molar-refractivity contribution in [1.82, 2.24) is 10.2 Å². The van der Waals surface area contributed by atoms with E-state index in [1.54, 1.807) is 24.3 Å². The van der Waals surface area contributed by atoms with Crippen molar-refractivity contribution in [2.24, 2.45) is 5.92 Å². The first-order valence-electron chi connectivity index (χ1n) is 3.89. The zero-order valence-electron chi connectivity index (χ0n) is 7.53. The Kier molecular flexibility index (Phi) is 2.47. The molecule has 0 unspecified atom stereocenters. The number of amides is 1. The van der Waals surface area contributed by atoms with Crippen molar-refractivity contribution in [2.45, 2.75) is 13.8 Å². The fraction of sp³-hybridized carbons (Fsp3) is 0.500. The van der Waals surface area contributed by atoms with E-state index in [2.05, 4.69) is 10.2 Å². The number of rotatable bonds is 2. The number of nitrogens with zero attached hydrogens (tertiary/aromatic N) is 2. The summed E-state index contributed by atoms with van der Waals surface area (Å²) in [4.78, 5) is 13.0. The van der Waals surface area contributed by atoms with Crippen LogP contribution in [0.5, 0.6) is 0 Å². The normalized spacial score (nSPS) is 10.3. The summed E-state index contributed by atoms with van der Waals surface area (Å²) in [5.41, 5.74) is 0.800. The van der Waals surface area contributed by atoms with Crippen LogP contribution in [0.25, 0.3) is 0 Å². The average molecular weight is 167 g/mol. The first kappa shape index (κ1) is 8.77. The van der Waals surface area contributed by atoms with Gasteiger partial charge in [-0.3, -0.25) is 9.89 Å². The molecule has 0 atom stereocenters. The van der Waals surface area contributed by atoms with Crippen LogP contribution in [0.1, 0.15) is 13.8 Å². The van der Waals surface area contributed by atoms with Crippen molar-refractivity contribution in [2.75, 3.05) is 11.9 Å². The minimum Gasteiger partial charge on any atom is -0.312 e. The molecule has 0 aliphatic heterocycles. The van der Waals surface area contributed by atoms with E-state index in [9.17, 15) is 4.79 Å². The van der Waals surface area contributed by atoms with Crippen LogP contribution >= 0.6 is 0 Å². The first-order valence-corrected chi connectivity index (χ1v) is 3.89. The van der Waals surface area contributed by atoms with E-state index >= 15 is 0 Å². The highest BCUT2D eigenvalue weighted by atomic mass is 16.2. The zero-order valence-corrected chi connectivity index (χ0v) is 7.53. The molecule has 1 aromatic rings. The van der Waals surface area contributed by atoms with Gasteiger partial charge in [0, 0.05) is 19.2 Å². The van der Waals surface area contributed by atoms with Gasteiger partial charge in [-0.05, 0) is 0 Å². The van der Waals surface area contributed by atoms with Gasteiger partial charge < -0.3 is 4.90 Å². The van der Waals surface area contributed by atoms with Crippen LogP contribution in [0.15, 0.2) is 12.4 Å². The molecule has 0 saturated heterocycles. The molecule has 1 heterocycles. The maximum atomic E-state index is 11.4. The number of H-pyrrole nitrogens is 1. The maximum Gasteiger partial charge on any atom is 0.229 e. The number of anilines is 1. The number of aromatic amines is 1. The van der Waals surface area contributed by atoms with Gasteiger partial charge in [-0.1, -0.05) is 13.8 Å². The second kappa shape index (κ2) is 3.38. The summed E-state index contributed by atoms with van der Waals surface area (Å²) in [6, 6.07) is 0. The largest absolute Gasteiger partial charge is 0.312 e. The molecule has 1 rings (SSSR count). The van der Waals surface area contributed by atoms with E-state index in [-0.39, 0.29) is 11.8 Å². The van der Waals surface area contributed by atoms with Crippen molar-refractivity contribution in [1.29, 1.82) is 0 Å². The number of hydrogen-bond donors (Lipinski definition) is 1. The lowest BCUT2D eigenvalue weighted by Crippen LogP contribution is -2.29. The lowest BCUT2D eigenvalue weighted by Gasteiger charge is -2.16. The second-order valence-electron chi connectivity index (χ2n) is 3.01. The standard InChI is InChI=1S/C8H13N3O/c1-6(2)8(12)11(3)7-4-9-10-5-7/h4-6H,1-3H3,(H,9,10). The molecule has 1 N–H and O–H groups in total. The fourth-order valence-corrected chi connectivity index (χ4v) is 0.942. The summed E-state index contributed by atoms with van der Waals surface area (Å²) in [5, 5.41) is 6.43. The molecule has 0 aliphatic carbocycles. The molecular weight excluding hydrogens is 154 g/mol. The Hall–Kier alpha value is -1.32. The topological polar surface area (TPSA) is 49.0 Å². The van der Waals surface area contributed by atoms with Crippen molar-refractivity contribution in [3.63, 3.8) is 0 Å². The van der Waals surface area contributed by atoms with Gasteiger partial charge in [-0.15, -0.1) is 0 Å². The van der Waals surface area contributed by atoms with Gasteiger partial charge in [-0.2, -0.15) is 5.10 Å². The Morgan fingerprint density at radius 1 is 1.67 bits per heavy atom. The Bertz CT molecular complexity index is 253. The molecule has 0 bridgehead atoms. The van der Waals surface area contributed by atoms with Crippen molar-refractivity contribution in [3.8, 4) is 0 Å². The molecule has 0 aromatic carbocycles. The van der Waals surface area contributed by atoms with E-state index < -0.39 is 0 Å². The van der Waals surface area contributed by atoms with Gasteiger partial charge in [0.2, 0.25) is 5.91 Å². The number of carbonyl (C=O) groups is 1. The van der Waals surface area contributed by atoms with Gasteiger partial charge >= 0.3 is 0 Å². The molecule has 66 valence electrons. The summed E-state index contributed by atoms with van der Waals surface area (Å²) in [6.07, 6.45) is 3.32. The van der Waals surface area contributed by atoms with Crippen LogP contribution in [-0.2, 0) is 4.79 Å². The SMILES string of the molecule is CC(C)C(=O)N(C)c1cn[nH]c1. The highest BCUT2D eigenvalue weighted by Gasteiger charge is 2.14. The summed E-state index contributed by atoms with van der Waals surface area (Å²) < 4.78 is 0. The molecular formula is C8H13N3O. The number of nitrogens with one attached hydrogen (secondary N) is 1. The highest BCUT2D eigenvalue weighted by molar-refractivity contribution is 5.93. The Morgan fingerprint density at radius 2 is 2.33 bits per heavy atom. The number of carbonyl (C=O) groups excluding carboxylic acids is 1. The summed E-state index contributed by atoms with van der Waals surface area (Å²) in [7, 11) is 1.74. The van der Waals surface area contributed by atoms with E-state index in [0.29, 0.717) is 0 Å².